The van der Waals surface area contributed by atoms with Crippen molar-refractivity contribution in [2.24, 2.45) is 0 Å². The normalized spacial score (nSPS) is 25.4. The molecule has 0 amide bonds. The summed E-state index contributed by atoms with van der Waals surface area (Å²) in [4.78, 5) is 1.98. The first-order valence-corrected chi connectivity index (χ1v) is 4.74. The first kappa shape index (κ1) is 10.9. The van der Waals surface area contributed by atoms with Gasteiger partial charge in [0, 0.05) is 25.5 Å². The minimum atomic E-state index is -2.70. The molecule has 78 valence electrons. The van der Waals surface area contributed by atoms with Gasteiger partial charge >= 0.3 is 0 Å². The Morgan fingerprint density at radius 2 is 2.23 bits per heavy atom. The third-order valence-electron chi connectivity index (χ3n) is 2.68. The summed E-state index contributed by atoms with van der Waals surface area (Å²) in [6.07, 6.45) is 1.36. The van der Waals surface area contributed by atoms with E-state index in [1.54, 1.807) is 0 Å². The summed E-state index contributed by atoms with van der Waals surface area (Å²) in [5, 5.41) is 8.45. The average molecular weight is 193 g/mol. The highest BCUT2D eigenvalue weighted by atomic mass is 19.3. The standard InChI is InChI=1S/C9H17F2NO/c1-12-5-2-3-8(12)7-9(10,11)4-6-13/h8,13H,2-7H2,1H3. The molecule has 1 rings (SSSR count). The van der Waals surface area contributed by atoms with Gasteiger partial charge in [0.1, 0.15) is 0 Å². The quantitative estimate of drug-likeness (QED) is 0.731. The Morgan fingerprint density at radius 3 is 2.69 bits per heavy atom. The molecule has 1 unspecified atom stereocenters. The van der Waals surface area contributed by atoms with Crippen LogP contribution in [0.1, 0.15) is 25.7 Å². The summed E-state index contributed by atoms with van der Waals surface area (Å²) in [5.41, 5.74) is 0. The number of hydrogen-bond donors (Lipinski definition) is 1. The monoisotopic (exact) mass is 193 g/mol. The van der Waals surface area contributed by atoms with Crippen molar-refractivity contribution in [3.8, 4) is 0 Å². The van der Waals surface area contributed by atoms with E-state index in [4.69, 9.17) is 5.11 Å². The summed E-state index contributed by atoms with van der Waals surface area (Å²) in [5.74, 6) is -2.70. The van der Waals surface area contributed by atoms with Gasteiger partial charge in [-0.1, -0.05) is 0 Å². The minimum Gasteiger partial charge on any atom is -0.396 e. The lowest BCUT2D eigenvalue weighted by molar-refractivity contribution is -0.0439. The highest BCUT2D eigenvalue weighted by Gasteiger charge is 2.35. The van der Waals surface area contributed by atoms with E-state index < -0.39 is 19.0 Å². The zero-order valence-electron chi connectivity index (χ0n) is 7.97. The molecule has 13 heavy (non-hydrogen) atoms. The third kappa shape index (κ3) is 3.19. The highest BCUT2D eigenvalue weighted by Crippen LogP contribution is 2.30. The number of nitrogens with zero attached hydrogens (tertiary/aromatic N) is 1. The van der Waals surface area contributed by atoms with E-state index in [1.165, 1.54) is 0 Å². The molecule has 0 aromatic carbocycles. The van der Waals surface area contributed by atoms with Crippen molar-refractivity contribution in [1.29, 1.82) is 0 Å². The molecule has 1 heterocycles. The van der Waals surface area contributed by atoms with Crippen LogP contribution in [0, 0.1) is 0 Å². The summed E-state index contributed by atoms with van der Waals surface area (Å²) in [6, 6.07) is 0.00144. The fraction of sp³-hybridized carbons (Fsp3) is 1.00. The van der Waals surface area contributed by atoms with E-state index in [0.29, 0.717) is 0 Å². The number of alkyl halides is 2. The fourth-order valence-corrected chi connectivity index (χ4v) is 1.85. The van der Waals surface area contributed by atoms with Crippen molar-refractivity contribution >= 4 is 0 Å². The number of aliphatic hydroxyl groups is 1. The Bertz CT molecular complexity index is 164. The van der Waals surface area contributed by atoms with Gasteiger partial charge in [-0.3, -0.25) is 0 Å². The van der Waals surface area contributed by atoms with Crippen molar-refractivity contribution in [1.82, 2.24) is 4.90 Å². The topological polar surface area (TPSA) is 23.5 Å². The molecule has 0 aliphatic carbocycles. The maximum atomic E-state index is 13.1. The number of rotatable bonds is 4. The van der Waals surface area contributed by atoms with Gasteiger partial charge in [-0.2, -0.15) is 0 Å². The zero-order valence-corrected chi connectivity index (χ0v) is 7.97. The largest absolute Gasteiger partial charge is 0.396 e. The summed E-state index contributed by atoms with van der Waals surface area (Å²) < 4.78 is 26.1. The van der Waals surface area contributed by atoms with Crippen molar-refractivity contribution in [3.05, 3.63) is 0 Å². The van der Waals surface area contributed by atoms with Gasteiger partial charge in [0.15, 0.2) is 0 Å². The average Bonchev–Trinajstić information content (AvgIpc) is 2.35. The van der Waals surface area contributed by atoms with Crippen LogP contribution in [0.3, 0.4) is 0 Å². The molecule has 2 nitrogen and oxygen atoms in total. The predicted molar refractivity (Wildman–Crippen MR) is 46.9 cm³/mol. The van der Waals surface area contributed by atoms with Crippen LogP contribution in [0.15, 0.2) is 0 Å². The van der Waals surface area contributed by atoms with Crippen LogP contribution in [0.4, 0.5) is 8.78 Å². The van der Waals surface area contributed by atoms with Crippen molar-refractivity contribution < 1.29 is 13.9 Å². The predicted octanol–water partition coefficient (Wildman–Crippen LogP) is 1.49. The Kier molecular flexibility index (Phi) is 3.62. The smallest absolute Gasteiger partial charge is 0.251 e. The molecular formula is C9H17F2NO. The van der Waals surface area contributed by atoms with Gasteiger partial charge in [-0.25, -0.2) is 8.78 Å². The van der Waals surface area contributed by atoms with Crippen LogP contribution in [0.2, 0.25) is 0 Å². The molecular weight excluding hydrogens is 176 g/mol. The molecule has 0 spiro atoms. The van der Waals surface area contributed by atoms with E-state index in [-0.39, 0.29) is 12.5 Å². The second-order valence-electron chi connectivity index (χ2n) is 3.81. The maximum Gasteiger partial charge on any atom is 0.251 e. The second kappa shape index (κ2) is 4.33. The Balaban J connectivity index is 2.37. The highest BCUT2D eigenvalue weighted by molar-refractivity contribution is 4.82. The van der Waals surface area contributed by atoms with Gasteiger partial charge in [0.25, 0.3) is 5.92 Å². The van der Waals surface area contributed by atoms with Crippen LogP contribution < -0.4 is 0 Å². The summed E-state index contributed by atoms with van der Waals surface area (Å²) in [7, 11) is 1.88. The van der Waals surface area contributed by atoms with Crippen LogP contribution in [-0.2, 0) is 0 Å². The molecule has 0 radical (unpaired) electrons. The molecule has 0 aromatic heterocycles. The molecule has 1 saturated heterocycles. The van der Waals surface area contributed by atoms with E-state index in [1.807, 2.05) is 11.9 Å². The third-order valence-corrected chi connectivity index (χ3v) is 2.68. The SMILES string of the molecule is CN1CCCC1CC(F)(F)CCO. The van der Waals surface area contributed by atoms with E-state index in [9.17, 15) is 8.78 Å². The molecule has 4 heteroatoms. The van der Waals surface area contributed by atoms with Gasteiger partial charge < -0.3 is 10.0 Å². The lowest BCUT2D eigenvalue weighted by Gasteiger charge is -2.24. The maximum absolute atomic E-state index is 13.1. The van der Waals surface area contributed by atoms with Crippen LogP contribution in [0.5, 0.6) is 0 Å². The molecule has 1 aliphatic heterocycles. The molecule has 0 aromatic rings. The molecule has 1 aliphatic rings. The molecule has 1 atom stereocenters. The van der Waals surface area contributed by atoms with Gasteiger partial charge in [-0.05, 0) is 26.4 Å². The van der Waals surface area contributed by atoms with Gasteiger partial charge in [0.2, 0.25) is 0 Å². The minimum absolute atomic E-state index is 0.00144. The number of likely N-dealkylation sites (tertiary alicyclic amines) is 1. The van der Waals surface area contributed by atoms with Gasteiger partial charge in [-0.15, -0.1) is 0 Å². The number of hydrogen-bond acceptors (Lipinski definition) is 2. The first-order chi connectivity index (χ1) is 6.05. The second-order valence-corrected chi connectivity index (χ2v) is 3.81. The Hall–Kier alpha value is -0.220. The van der Waals surface area contributed by atoms with E-state index in [0.717, 1.165) is 19.4 Å². The van der Waals surface area contributed by atoms with Crippen molar-refractivity contribution in [2.45, 2.75) is 37.6 Å². The van der Waals surface area contributed by atoms with Gasteiger partial charge in [0.05, 0.1) is 0 Å². The lowest BCUT2D eigenvalue weighted by Crippen LogP contribution is -2.32. The number of halogens is 2. The van der Waals surface area contributed by atoms with Crippen molar-refractivity contribution in [3.63, 3.8) is 0 Å². The summed E-state index contributed by atoms with van der Waals surface area (Å²) in [6.45, 7) is 0.489. The number of aliphatic hydroxyl groups excluding tert-OH is 1. The molecule has 0 bridgehead atoms. The zero-order chi connectivity index (χ0) is 9.90. The van der Waals surface area contributed by atoms with Crippen LogP contribution >= 0.6 is 0 Å². The van der Waals surface area contributed by atoms with E-state index in [2.05, 4.69) is 0 Å². The summed E-state index contributed by atoms with van der Waals surface area (Å²) >= 11 is 0. The Labute approximate surface area is 77.5 Å². The van der Waals surface area contributed by atoms with E-state index >= 15 is 0 Å². The van der Waals surface area contributed by atoms with Crippen LogP contribution in [0.25, 0.3) is 0 Å². The molecule has 1 N–H and O–H groups in total. The fourth-order valence-electron chi connectivity index (χ4n) is 1.85. The molecule has 1 fully saturated rings. The lowest BCUT2D eigenvalue weighted by atomic mass is 10.0. The van der Waals surface area contributed by atoms with Crippen LogP contribution in [-0.4, -0.2) is 42.2 Å². The van der Waals surface area contributed by atoms with Crippen molar-refractivity contribution in [2.75, 3.05) is 20.2 Å². The first-order valence-electron chi connectivity index (χ1n) is 4.74. The Morgan fingerprint density at radius 1 is 1.54 bits per heavy atom. The molecule has 0 saturated carbocycles.